The van der Waals surface area contributed by atoms with E-state index in [1.807, 2.05) is 0 Å². The van der Waals surface area contributed by atoms with Crippen LogP contribution in [0.5, 0.6) is 0 Å². The first kappa shape index (κ1) is 12.0. The molecule has 0 bridgehead atoms. The molecule has 1 aromatic carbocycles. The average Bonchev–Trinajstić information content (AvgIpc) is 2.76. The van der Waals surface area contributed by atoms with Crippen molar-refractivity contribution in [2.75, 3.05) is 11.1 Å². The van der Waals surface area contributed by atoms with Crippen LogP contribution in [0.25, 0.3) is 0 Å². The Balaban J connectivity index is 2.33. The summed E-state index contributed by atoms with van der Waals surface area (Å²) in [4.78, 5) is 15.4. The standard InChI is InChI=1S/C11H9F2N3O2/c1-5-10(18-4-15-5)11(17)16-9-7(14)3-2-6(12)8(9)13/h2-4H,14H2,1H3,(H,16,17). The summed E-state index contributed by atoms with van der Waals surface area (Å²) in [6, 6.07) is 2.03. The average molecular weight is 253 g/mol. The van der Waals surface area contributed by atoms with Crippen LogP contribution < -0.4 is 11.1 Å². The molecule has 0 atom stereocenters. The predicted molar refractivity (Wildman–Crippen MR) is 60.0 cm³/mol. The molecule has 2 aromatic rings. The van der Waals surface area contributed by atoms with Crippen LogP contribution in [0.3, 0.4) is 0 Å². The van der Waals surface area contributed by atoms with Crippen LogP contribution in [0.4, 0.5) is 20.2 Å². The zero-order valence-electron chi connectivity index (χ0n) is 9.33. The molecule has 94 valence electrons. The van der Waals surface area contributed by atoms with E-state index in [2.05, 4.69) is 10.3 Å². The van der Waals surface area contributed by atoms with Gasteiger partial charge in [-0.25, -0.2) is 13.8 Å². The number of amides is 1. The van der Waals surface area contributed by atoms with Gasteiger partial charge in [0.15, 0.2) is 18.0 Å². The van der Waals surface area contributed by atoms with Gasteiger partial charge in [0.05, 0.1) is 11.4 Å². The molecule has 0 aliphatic heterocycles. The van der Waals surface area contributed by atoms with Crippen LogP contribution >= 0.6 is 0 Å². The number of aryl methyl sites for hydroxylation is 1. The quantitative estimate of drug-likeness (QED) is 0.803. The number of nitrogens with two attached hydrogens (primary N) is 1. The van der Waals surface area contributed by atoms with Crippen molar-refractivity contribution in [2.24, 2.45) is 0 Å². The number of hydrogen-bond donors (Lipinski definition) is 2. The van der Waals surface area contributed by atoms with Gasteiger partial charge >= 0.3 is 0 Å². The summed E-state index contributed by atoms with van der Waals surface area (Å²) in [7, 11) is 0. The van der Waals surface area contributed by atoms with E-state index in [0.29, 0.717) is 5.69 Å². The van der Waals surface area contributed by atoms with Gasteiger partial charge in [-0.05, 0) is 19.1 Å². The van der Waals surface area contributed by atoms with E-state index in [0.717, 1.165) is 18.5 Å². The molecule has 18 heavy (non-hydrogen) atoms. The second kappa shape index (κ2) is 4.44. The highest BCUT2D eigenvalue weighted by Gasteiger charge is 2.19. The minimum absolute atomic E-state index is 0.0839. The first-order chi connectivity index (χ1) is 8.50. The molecule has 1 aromatic heterocycles. The molecule has 1 amide bonds. The van der Waals surface area contributed by atoms with Crippen molar-refractivity contribution >= 4 is 17.3 Å². The Morgan fingerprint density at radius 3 is 2.78 bits per heavy atom. The number of aromatic nitrogens is 1. The second-order valence-corrected chi connectivity index (χ2v) is 3.55. The highest BCUT2D eigenvalue weighted by molar-refractivity contribution is 6.04. The van der Waals surface area contributed by atoms with Gasteiger partial charge in [0, 0.05) is 0 Å². The van der Waals surface area contributed by atoms with Crippen molar-refractivity contribution < 1.29 is 18.0 Å². The summed E-state index contributed by atoms with van der Waals surface area (Å²) in [6.07, 6.45) is 1.08. The molecule has 0 saturated heterocycles. The monoisotopic (exact) mass is 253 g/mol. The van der Waals surface area contributed by atoms with Crippen LogP contribution in [0, 0.1) is 18.6 Å². The number of carbonyl (C=O) groups is 1. The largest absolute Gasteiger partial charge is 0.438 e. The normalized spacial score (nSPS) is 10.4. The lowest BCUT2D eigenvalue weighted by molar-refractivity contribution is 0.0995. The Labute approximate surface area is 101 Å². The molecule has 5 nitrogen and oxygen atoms in total. The highest BCUT2D eigenvalue weighted by atomic mass is 19.2. The van der Waals surface area contributed by atoms with Gasteiger partial charge in [0.2, 0.25) is 5.76 Å². The number of nitrogen functional groups attached to an aromatic ring is 1. The van der Waals surface area contributed by atoms with E-state index in [1.54, 1.807) is 6.92 Å². The number of carbonyl (C=O) groups excluding carboxylic acids is 1. The topological polar surface area (TPSA) is 81.2 Å². The number of nitrogens with zero attached hydrogens (tertiary/aromatic N) is 1. The molecule has 0 aliphatic carbocycles. The van der Waals surface area contributed by atoms with E-state index < -0.39 is 23.2 Å². The highest BCUT2D eigenvalue weighted by Crippen LogP contribution is 2.25. The Hall–Kier alpha value is -2.44. The molecule has 0 saturated carbocycles. The van der Waals surface area contributed by atoms with Gasteiger partial charge < -0.3 is 15.5 Å². The Bertz CT molecular complexity index is 610. The molecule has 0 radical (unpaired) electrons. The zero-order valence-corrected chi connectivity index (χ0v) is 9.33. The number of oxazole rings is 1. The summed E-state index contributed by atoms with van der Waals surface area (Å²) >= 11 is 0. The van der Waals surface area contributed by atoms with Crippen molar-refractivity contribution in [3.8, 4) is 0 Å². The molecular formula is C11H9F2N3O2. The number of rotatable bonds is 2. The molecule has 3 N–H and O–H groups in total. The molecule has 2 rings (SSSR count). The maximum absolute atomic E-state index is 13.4. The van der Waals surface area contributed by atoms with E-state index >= 15 is 0 Å². The minimum atomic E-state index is -1.22. The van der Waals surface area contributed by atoms with Crippen molar-refractivity contribution in [1.29, 1.82) is 0 Å². The van der Waals surface area contributed by atoms with Gasteiger partial charge in [-0.2, -0.15) is 0 Å². The van der Waals surface area contributed by atoms with Crippen molar-refractivity contribution in [3.05, 3.63) is 41.6 Å². The number of nitrogens with one attached hydrogen (secondary N) is 1. The fraction of sp³-hybridized carbons (Fsp3) is 0.0909. The molecule has 7 heteroatoms. The maximum atomic E-state index is 13.4. The van der Waals surface area contributed by atoms with Crippen molar-refractivity contribution in [3.63, 3.8) is 0 Å². The second-order valence-electron chi connectivity index (χ2n) is 3.55. The van der Waals surface area contributed by atoms with Crippen LogP contribution in [-0.4, -0.2) is 10.9 Å². The first-order valence-corrected chi connectivity index (χ1v) is 4.95. The van der Waals surface area contributed by atoms with Gasteiger partial charge in [-0.3, -0.25) is 4.79 Å². The Kier molecular flexibility index (Phi) is 2.97. The SMILES string of the molecule is Cc1ncoc1C(=O)Nc1c(N)ccc(F)c1F. The lowest BCUT2D eigenvalue weighted by Gasteiger charge is -2.08. The zero-order chi connectivity index (χ0) is 13.3. The van der Waals surface area contributed by atoms with Gasteiger partial charge in [0.1, 0.15) is 5.69 Å². The lowest BCUT2D eigenvalue weighted by Crippen LogP contribution is -2.15. The smallest absolute Gasteiger partial charge is 0.293 e. The van der Waals surface area contributed by atoms with Crippen LogP contribution in [0.15, 0.2) is 22.9 Å². The van der Waals surface area contributed by atoms with Gasteiger partial charge in [-0.1, -0.05) is 0 Å². The minimum Gasteiger partial charge on any atom is -0.438 e. The lowest BCUT2D eigenvalue weighted by atomic mass is 10.2. The van der Waals surface area contributed by atoms with E-state index in [-0.39, 0.29) is 11.4 Å². The fourth-order valence-electron chi connectivity index (χ4n) is 1.38. The third-order valence-electron chi connectivity index (χ3n) is 2.32. The number of benzene rings is 1. The molecule has 1 heterocycles. The van der Waals surface area contributed by atoms with Gasteiger partial charge in [-0.15, -0.1) is 0 Å². The first-order valence-electron chi connectivity index (χ1n) is 4.95. The summed E-state index contributed by atoms with van der Waals surface area (Å²) in [5.74, 6) is -3.16. The van der Waals surface area contributed by atoms with E-state index in [1.165, 1.54) is 0 Å². The summed E-state index contributed by atoms with van der Waals surface area (Å²) in [6.45, 7) is 1.55. The number of anilines is 2. The van der Waals surface area contributed by atoms with Crippen molar-refractivity contribution in [2.45, 2.75) is 6.92 Å². The molecular weight excluding hydrogens is 244 g/mol. The third kappa shape index (κ3) is 2.02. The molecule has 0 fully saturated rings. The summed E-state index contributed by atoms with van der Waals surface area (Å²) in [5.41, 5.74) is 5.29. The number of hydrogen-bond acceptors (Lipinski definition) is 4. The molecule has 0 spiro atoms. The van der Waals surface area contributed by atoms with Gasteiger partial charge in [0.25, 0.3) is 5.91 Å². The Morgan fingerprint density at radius 1 is 1.44 bits per heavy atom. The fourth-order valence-corrected chi connectivity index (χ4v) is 1.38. The number of halogens is 2. The van der Waals surface area contributed by atoms with E-state index in [4.69, 9.17) is 10.2 Å². The Morgan fingerprint density at radius 2 is 2.17 bits per heavy atom. The molecule has 0 unspecified atom stereocenters. The van der Waals surface area contributed by atoms with Crippen LogP contribution in [0.2, 0.25) is 0 Å². The van der Waals surface area contributed by atoms with Crippen molar-refractivity contribution in [1.82, 2.24) is 4.98 Å². The van der Waals surface area contributed by atoms with E-state index in [9.17, 15) is 13.6 Å². The van der Waals surface area contributed by atoms with Crippen LogP contribution in [-0.2, 0) is 0 Å². The molecule has 0 aliphatic rings. The third-order valence-corrected chi connectivity index (χ3v) is 2.32. The predicted octanol–water partition coefficient (Wildman–Crippen LogP) is 2.10. The summed E-state index contributed by atoms with van der Waals surface area (Å²) < 4.78 is 31.3. The van der Waals surface area contributed by atoms with Crippen LogP contribution in [0.1, 0.15) is 16.2 Å². The summed E-state index contributed by atoms with van der Waals surface area (Å²) in [5, 5.41) is 2.15. The maximum Gasteiger partial charge on any atom is 0.293 e.